The fourth-order valence-corrected chi connectivity index (χ4v) is 3.39. The van der Waals surface area contributed by atoms with E-state index >= 15 is 0 Å². The van der Waals surface area contributed by atoms with Gasteiger partial charge in [-0.15, -0.1) is 0 Å². The summed E-state index contributed by atoms with van der Waals surface area (Å²) in [7, 11) is 1.47. The van der Waals surface area contributed by atoms with Gasteiger partial charge < -0.3 is 9.47 Å². The molecule has 2 rings (SSSR count). The Kier molecular flexibility index (Phi) is 6.45. The second-order valence-corrected chi connectivity index (χ2v) is 6.51. The van der Waals surface area contributed by atoms with Crippen molar-refractivity contribution in [1.82, 2.24) is 9.80 Å². The van der Waals surface area contributed by atoms with E-state index < -0.39 is 0 Å². The molecule has 0 N–H and O–H groups in total. The molecule has 2 saturated heterocycles. The minimum absolute atomic E-state index is 0.0970. The molecule has 21 heavy (non-hydrogen) atoms. The van der Waals surface area contributed by atoms with Gasteiger partial charge in [0, 0.05) is 31.7 Å². The summed E-state index contributed by atoms with van der Waals surface area (Å²) in [6.07, 6.45) is 4.30. The summed E-state index contributed by atoms with van der Waals surface area (Å²) in [6, 6.07) is 0.896. The quantitative estimate of drug-likeness (QED) is 0.720. The van der Waals surface area contributed by atoms with E-state index in [1.807, 2.05) is 0 Å². The van der Waals surface area contributed by atoms with Crippen molar-refractivity contribution in [3.8, 4) is 0 Å². The molecule has 0 aromatic rings. The number of methoxy groups -OCH3 is 1. The van der Waals surface area contributed by atoms with Crippen molar-refractivity contribution in [2.75, 3.05) is 39.9 Å². The molecule has 0 aliphatic carbocycles. The van der Waals surface area contributed by atoms with Crippen LogP contribution in [0.5, 0.6) is 0 Å². The van der Waals surface area contributed by atoms with Gasteiger partial charge >= 0.3 is 5.97 Å². The molecule has 0 aromatic heterocycles. The Morgan fingerprint density at radius 1 is 1.33 bits per heavy atom. The van der Waals surface area contributed by atoms with Gasteiger partial charge in [-0.3, -0.25) is 14.6 Å². The van der Waals surface area contributed by atoms with Crippen LogP contribution >= 0.6 is 0 Å². The predicted molar refractivity (Wildman–Crippen MR) is 82.3 cm³/mol. The van der Waals surface area contributed by atoms with Crippen molar-refractivity contribution in [2.24, 2.45) is 0 Å². The second-order valence-electron chi connectivity index (χ2n) is 6.51. The maximum atomic E-state index is 11.6. The Hall–Kier alpha value is -0.650. The van der Waals surface area contributed by atoms with Gasteiger partial charge in [0.1, 0.15) is 0 Å². The molecule has 0 spiro atoms. The normalized spacial score (nSPS) is 28.8. The van der Waals surface area contributed by atoms with Crippen LogP contribution in [0.25, 0.3) is 0 Å². The Balaban J connectivity index is 1.87. The van der Waals surface area contributed by atoms with E-state index in [-0.39, 0.29) is 12.1 Å². The summed E-state index contributed by atoms with van der Waals surface area (Å²) in [5.41, 5.74) is 0. The average molecular weight is 298 g/mol. The number of piperidine rings is 1. The number of ether oxygens (including phenoxy) is 2. The molecule has 2 aliphatic heterocycles. The summed E-state index contributed by atoms with van der Waals surface area (Å²) in [5, 5.41) is 0. The van der Waals surface area contributed by atoms with Crippen LogP contribution in [-0.4, -0.2) is 73.9 Å². The number of likely N-dealkylation sites (tertiary alicyclic amines) is 1. The Bertz CT molecular complexity index is 335. The van der Waals surface area contributed by atoms with Gasteiger partial charge in [0.15, 0.2) is 0 Å². The van der Waals surface area contributed by atoms with E-state index in [9.17, 15) is 4.79 Å². The minimum atomic E-state index is -0.0970. The molecular formula is C16H30N2O3. The van der Waals surface area contributed by atoms with Crippen LogP contribution in [0, 0.1) is 0 Å². The van der Waals surface area contributed by atoms with Gasteiger partial charge in [0.2, 0.25) is 0 Å². The molecule has 2 fully saturated rings. The van der Waals surface area contributed by atoms with Crippen LogP contribution < -0.4 is 0 Å². The maximum Gasteiger partial charge on any atom is 0.307 e. The molecule has 0 amide bonds. The monoisotopic (exact) mass is 298 g/mol. The van der Waals surface area contributed by atoms with Gasteiger partial charge in [-0.25, -0.2) is 0 Å². The Morgan fingerprint density at radius 2 is 2.14 bits per heavy atom. The summed E-state index contributed by atoms with van der Waals surface area (Å²) < 4.78 is 10.8. The molecule has 0 saturated carbocycles. The van der Waals surface area contributed by atoms with Crippen molar-refractivity contribution in [3.63, 3.8) is 0 Å². The van der Waals surface area contributed by atoms with Gasteiger partial charge in [0.05, 0.1) is 26.2 Å². The van der Waals surface area contributed by atoms with Crippen LogP contribution in [0.3, 0.4) is 0 Å². The third kappa shape index (κ3) is 4.94. The van der Waals surface area contributed by atoms with Gasteiger partial charge in [0.25, 0.3) is 0 Å². The second kappa shape index (κ2) is 8.11. The minimum Gasteiger partial charge on any atom is -0.469 e. The van der Waals surface area contributed by atoms with Crippen molar-refractivity contribution in [3.05, 3.63) is 0 Å². The van der Waals surface area contributed by atoms with E-state index in [4.69, 9.17) is 9.47 Å². The molecule has 2 atom stereocenters. The molecule has 2 aliphatic rings. The summed E-state index contributed by atoms with van der Waals surface area (Å²) in [6.45, 7) is 9.33. The molecular weight excluding hydrogens is 268 g/mol. The molecule has 0 radical (unpaired) electrons. The smallest absolute Gasteiger partial charge is 0.307 e. The van der Waals surface area contributed by atoms with Crippen LogP contribution in [0.2, 0.25) is 0 Å². The predicted octanol–water partition coefficient (Wildman–Crippen LogP) is 1.51. The first-order valence-corrected chi connectivity index (χ1v) is 8.26. The van der Waals surface area contributed by atoms with Gasteiger partial charge in [-0.2, -0.15) is 0 Å². The van der Waals surface area contributed by atoms with Crippen LogP contribution in [0.1, 0.15) is 39.5 Å². The van der Waals surface area contributed by atoms with E-state index in [1.165, 1.54) is 20.0 Å². The number of esters is 1. The number of morpholine rings is 1. The highest BCUT2D eigenvalue weighted by molar-refractivity contribution is 5.69. The highest BCUT2D eigenvalue weighted by Gasteiger charge is 2.30. The number of hydrogen-bond acceptors (Lipinski definition) is 5. The van der Waals surface area contributed by atoms with E-state index in [0.29, 0.717) is 18.5 Å². The Morgan fingerprint density at radius 3 is 2.86 bits per heavy atom. The molecule has 122 valence electrons. The molecule has 5 heteroatoms. The third-order valence-electron chi connectivity index (χ3n) is 4.72. The van der Waals surface area contributed by atoms with Crippen LogP contribution in [0.4, 0.5) is 0 Å². The highest BCUT2D eigenvalue weighted by Crippen LogP contribution is 2.21. The molecule has 0 bridgehead atoms. The standard InChI is InChI=1S/C16H30N2O3/c1-13(2)17-8-9-21-15(11-17)12-18-7-5-4-6-14(18)10-16(19)20-3/h13-15H,4-12H2,1-3H3. The molecule has 2 unspecified atom stereocenters. The SMILES string of the molecule is COC(=O)CC1CCCCN1CC1CN(C(C)C)CCO1. The Labute approximate surface area is 128 Å². The topological polar surface area (TPSA) is 42.0 Å². The first-order valence-electron chi connectivity index (χ1n) is 8.26. The van der Waals surface area contributed by atoms with Crippen LogP contribution in [-0.2, 0) is 14.3 Å². The fraction of sp³-hybridized carbons (Fsp3) is 0.938. The van der Waals surface area contributed by atoms with E-state index in [0.717, 1.165) is 39.2 Å². The lowest BCUT2D eigenvalue weighted by Gasteiger charge is -2.41. The summed E-state index contributed by atoms with van der Waals surface area (Å²) >= 11 is 0. The van der Waals surface area contributed by atoms with Gasteiger partial charge in [-0.1, -0.05) is 6.42 Å². The van der Waals surface area contributed by atoms with Crippen molar-refractivity contribution in [2.45, 2.75) is 57.7 Å². The maximum absolute atomic E-state index is 11.6. The molecule has 5 nitrogen and oxygen atoms in total. The van der Waals surface area contributed by atoms with Crippen molar-refractivity contribution in [1.29, 1.82) is 0 Å². The first kappa shape index (κ1) is 16.7. The lowest BCUT2D eigenvalue weighted by atomic mass is 9.98. The number of hydrogen-bond donors (Lipinski definition) is 0. The highest BCUT2D eigenvalue weighted by atomic mass is 16.5. The summed E-state index contributed by atoms with van der Waals surface area (Å²) in [4.78, 5) is 16.5. The van der Waals surface area contributed by atoms with E-state index in [1.54, 1.807) is 0 Å². The van der Waals surface area contributed by atoms with Crippen molar-refractivity contribution < 1.29 is 14.3 Å². The third-order valence-corrected chi connectivity index (χ3v) is 4.72. The van der Waals surface area contributed by atoms with Crippen LogP contribution in [0.15, 0.2) is 0 Å². The molecule has 0 aromatic carbocycles. The van der Waals surface area contributed by atoms with E-state index in [2.05, 4.69) is 23.6 Å². The fourth-order valence-electron chi connectivity index (χ4n) is 3.39. The molecule has 2 heterocycles. The number of carbonyl (C=O) groups excluding carboxylic acids is 1. The lowest BCUT2D eigenvalue weighted by molar-refractivity contribution is -0.142. The first-order chi connectivity index (χ1) is 10.1. The zero-order valence-corrected chi connectivity index (χ0v) is 13.7. The number of rotatable bonds is 5. The lowest BCUT2D eigenvalue weighted by Crippen LogP contribution is -2.52. The average Bonchev–Trinajstić information content (AvgIpc) is 2.49. The number of carbonyl (C=O) groups is 1. The van der Waals surface area contributed by atoms with Crippen molar-refractivity contribution >= 4 is 5.97 Å². The number of nitrogens with zero attached hydrogens (tertiary/aromatic N) is 2. The summed E-state index contributed by atoms with van der Waals surface area (Å²) in [5.74, 6) is -0.0970. The zero-order valence-electron chi connectivity index (χ0n) is 13.7. The zero-order chi connectivity index (χ0) is 15.2. The van der Waals surface area contributed by atoms with Gasteiger partial charge in [-0.05, 0) is 33.2 Å². The largest absolute Gasteiger partial charge is 0.469 e.